The maximum absolute atomic E-state index is 13.3. The third-order valence-corrected chi connectivity index (χ3v) is 4.72. The standard InChI is InChI=1S/C22H24FN3O/c1-16-6-4-9-19(11-10-17-7-5-8-18(23)14-17)24-15-20(16)26-13-12-22(2,3)25-21(26)27/h5,7-9,14-15H,4,6,12-13H2,1-3H3,(H,25,27). The maximum Gasteiger partial charge on any atom is 0.322 e. The lowest BCUT2D eigenvalue weighted by molar-refractivity contribution is 0.175. The van der Waals surface area contributed by atoms with E-state index in [1.807, 2.05) is 26.8 Å². The van der Waals surface area contributed by atoms with Gasteiger partial charge < -0.3 is 5.32 Å². The highest BCUT2D eigenvalue weighted by Gasteiger charge is 2.32. The fourth-order valence-electron chi connectivity index (χ4n) is 3.08. The molecule has 0 atom stereocenters. The molecule has 2 aliphatic rings. The molecule has 5 heteroatoms. The molecule has 0 radical (unpaired) electrons. The monoisotopic (exact) mass is 365 g/mol. The number of hydrogen-bond donors (Lipinski definition) is 1. The highest BCUT2D eigenvalue weighted by Crippen LogP contribution is 2.23. The number of rotatable bonds is 1. The quantitative estimate of drug-likeness (QED) is 0.737. The van der Waals surface area contributed by atoms with Gasteiger partial charge in [-0.3, -0.25) is 4.90 Å². The smallest absolute Gasteiger partial charge is 0.322 e. The molecule has 0 saturated carbocycles. The summed E-state index contributed by atoms with van der Waals surface area (Å²) in [5, 5.41) is 3.04. The first-order valence-corrected chi connectivity index (χ1v) is 9.15. The Kier molecular flexibility index (Phi) is 5.46. The van der Waals surface area contributed by atoms with E-state index in [0.29, 0.717) is 17.8 Å². The van der Waals surface area contributed by atoms with Crippen molar-refractivity contribution < 1.29 is 9.18 Å². The molecule has 0 unspecified atom stereocenters. The van der Waals surface area contributed by atoms with Crippen LogP contribution >= 0.6 is 0 Å². The minimum Gasteiger partial charge on any atom is -0.333 e. The Morgan fingerprint density at radius 3 is 2.85 bits per heavy atom. The number of carbonyl (C=O) groups excluding carboxylic acids is 1. The van der Waals surface area contributed by atoms with E-state index >= 15 is 0 Å². The highest BCUT2D eigenvalue weighted by atomic mass is 19.1. The number of halogens is 1. The zero-order chi connectivity index (χ0) is 19.4. The second kappa shape index (κ2) is 7.79. The van der Waals surface area contributed by atoms with Gasteiger partial charge in [0, 0.05) is 17.6 Å². The van der Waals surface area contributed by atoms with E-state index in [1.165, 1.54) is 12.1 Å². The number of aliphatic imine (C=N–C) groups is 1. The van der Waals surface area contributed by atoms with Crippen molar-refractivity contribution in [2.45, 2.75) is 45.6 Å². The van der Waals surface area contributed by atoms with Crippen LogP contribution in [0.15, 0.2) is 52.3 Å². The van der Waals surface area contributed by atoms with Gasteiger partial charge in [-0.15, -0.1) is 0 Å². The topological polar surface area (TPSA) is 44.7 Å². The fraction of sp³-hybridized carbons (Fsp3) is 0.364. The van der Waals surface area contributed by atoms with Crippen LogP contribution in [0.3, 0.4) is 0 Å². The second-order valence-electron chi connectivity index (χ2n) is 7.53. The molecule has 2 aliphatic heterocycles. The van der Waals surface area contributed by atoms with Crippen LogP contribution in [0.4, 0.5) is 9.18 Å². The van der Waals surface area contributed by atoms with Gasteiger partial charge in [-0.25, -0.2) is 14.2 Å². The average Bonchev–Trinajstić information content (AvgIpc) is 2.58. The van der Waals surface area contributed by atoms with Crippen LogP contribution in [0.1, 0.15) is 45.6 Å². The third-order valence-electron chi connectivity index (χ3n) is 4.72. The zero-order valence-corrected chi connectivity index (χ0v) is 16.0. The summed E-state index contributed by atoms with van der Waals surface area (Å²) in [5.74, 6) is 5.64. The van der Waals surface area contributed by atoms with Crippen molar-refractivity contribution in [3.63, 3.8) is 0 Å². The Morgan fingerprint density at radius 2 is 2.11 bits per heavy atom. The van der Waals surface area contributed by atoms with Crippen LogP contribution in [-0.2, 0) is 0 Å². The van der Waals surface area contributed by atoms with Crippen LogP contribution in [0.2, 0.25) is 0 Å². The van der Waals surface area contributed by atoms with E-state index in [1.54, 1.807) is 23.2 Å². The Bertz CT molecular complexity index is 900. The number of allylic oxidation sites excluding steroid dienone is 4. The summed E-state index contributed by atoms with van der Waals surface area (Å²) in [6.45, 7) is 6.74. The molecule has 140 valence electrons. The first kappa shape index (κ1) is 18.9. The summed E-state index contributed by atoms with van der Waals surface area (Å²) >= 11 is 0. The van der Waals surface area contributed by atoms with Crippen molar-refractivity contribution in [3.8, 4) is 11.8 Å². The van der Waals surface area contributed by atoms with Gasteiger partial charge in [-0.1, -0.05) is 12.0 Å². The molecule has 0 spiro atoms. The van der Waals surface area contributed by atoms with Crippen LogP contribution in [-0.4, -0.2) is 29.2 Å². The van der Waals surface area contributed by atoms with Crippen LogP contribution < -0.4 is 5.32 Å². The highest BCUT2D eigenvalue weighted by molar-refractivity contribution is 5.89. The third kappa shape index (κ3) is 4.85. The first-order chi connectivity index (χ1) is 12.8. The fourth-order valence-corrected chi connectivity index (χ4v) is 3.08. The predicted octanol–water partition coefficient (Wildman–Crippen LogP) is 4.39. The van der Waals surface area contributed by atoms with Gasteiger partial charge >= 0.3 is 6.03 Å². The van der Waals surface area contributed by atoms with E-state index in [0.717, 1.165) is 30.5 Å². The molecule has 0 aromatic heterocycles. The van der Waals surface area contributed by atoms with Gasteiger partial charge in [0.1, 0.15) is 11.5 Å². The number of amides is 2. The number of carbonyl (C=O) groups is 1. The molecule has 0 aliphatic carbocycles. The van der Waals surface area contributed by atoms with Crippen molar-refractivity contribution in [2.75, 3.05) is 6.54 Å². The van der Waals surface area contributed by atoms with Gasteiger partial charge in [-0.05, 0) is 75.8 Å². The minimum atomic E-state index is -0.308. The number of nitrogens with one attached hydrogen (secondary N) is 1. The molecular weight excluding hydrogens is 341 g/mol. The van der Waals surface area contributed by atoms with Gasteiger partial charge in [0.2, 0.25) is 0 Å². The molecule has 1 aromatic rings. The van der Waals surface area contributed by atoms with E-state index in [-0.39, 0.29) is 17.4 Å². The lowest BCUT2D eigenvalue weighted by Crippen LogP contribution is -2.56. The Balaban J connectivity index is 1.81. The van der Waals surface area contributed by atoms with E-state index in [9.17, 15) is 9.18 Å². The SMILES string of the molecule is CC1=C(N2CCC(C)(C)NC2=O)C=NC(C#Cc2cccc(F)c2)=CCC1. The molecule has 2 heterocycles. The summed E-state index contributed by atoms with van der Waals surface area (Å²) in [7, 11) is 0. The maximum atomic E-state index is 13.3. The second-order valence-corrected chi connectivity index (χ2v) is 7.53. The molecule has 1 fully saturated rings. The lowest BCUT2D eigenvalue weighted by Gasteiger charge is -2.38. The number of urea groups is 1. The average molecular weight is 365 g/mol. The van der Waals surface area contributed by atoms with Crippen molar-refractivity contribution in [3.05, 3.63) is 58.7 Å². The van der Waals surface area contributed by atoms with Gasteiger partial charge in [0.05, 0.1) is 11.9 Å². The van der Waals surface area contributed by atoms with Crippen molar-refractivity contribution >= 4 is 12.2 Å². The van der Waals surface area contributed by atoms with E-state index < -0.39 is 0 Å². The molecule has 4 nitrogen and oxygen atoms in total. The Labute approximate surface area is 159 Å². The van der Waals surface area contributed by atoms with Crippen LogP contribution in [0, 0.1) is 17.7 Å². The molecule has 1 aromatic carbocycles. The van der Waals surface area contributed by atoms with Crippen molar-refractivity contribution in [1.82, 2.24) is 10.2 Å². The predicted molar refractivity (Wildman–Crippen MR) is 106 cm³/mol. The Hall–Kier alpha value is -2.87. The van der Waals surface area contributed by atoms with Crippen molar-refractivity contribution in [2.24, 2.45) is 4.99 Å². The molecule has 2 amide bonds. The summed E-state index contributed by atoms with van der Waals surface area (Å²) in [5.41, 5.74) is 3.00. The summed E-state index contributed by atoms with van der Waals surface area (Å²) < 4.78 is 13.3. The van der Waals surface area contributed by atoms with Gasteiger partial charge in [-0.2, -0.15) is 0 Å². The Morgan fingerprint density at radius 1 is 1.30 bits per heavy atom. The summed E-state index contributed by atoms with van der Waals surface area (Å²) in [6.07, 6.45) is 6.19. The summed E-state index contributed by atoms with van der Waals surface area (Å²) in [4.78, 5) is 18.8. The molecule has 1 N–H and O–H groups in total. The zero-order valence-electron chi connectivity index (χ0n) is 16.0. The number of benzene rings is 1. The molecular formula is C22H24FN3O. The first-order valence-electron chi connectivity index (χ1n) is 9.15. The van der Waals surface area contributed by atoms with Crippen LogP contribution in [0.5, 0.6) is 0 Å². The molecule has 27 heavy (non-hydrogen) atoms. The van der Waals surface area contributed by atoms with Gasteiger partial charge in [0.15, 0.2) is 0 Å². The normalized spacial score (nSPS) is 19.5. The van der Waals surface area contributed by atoms with Crippen molar-refractivity contribution in [1.29, 1.82) is 0 Å². The lowest BCUT2D eigenvalue weighted by atomic mass is 9.97. The molecule has 0 bridgehead atoms. The largest absolute Gasteiger partial charge is 0.333 e. The summed E-state index contributed by atoms with van der Waals surface area (Å²) in [6, 6.07) is 6.09. The number of nitrogens with zero attached hydrogens (tertiary/aromatic N) is 2. The van der Waals surface area contributed by atoms with Gasteiger partial charge in [0.25, 0.3) is 0 Å². The molecule has 3 rings (SSSR count). The van der Waals surface area contributed by atoms with E-state index in [2.05, 4.69) is 22.2 Å². The van der Waals surface area contributed by atoms with E-state index in [4.69, 9.17) is 0 Å². The minimum absolute atomic E-state index is 0.0935. The number of hydrogen-bond acceptors (Lipinski definition) is 2. The van der Waals surface area contributed by atoms with Crippen LogP contribution in [0.25, 0.3) is 0 Å². The molecule has 1 saturated heterocycles.